The van der Waals surface area contributed by atoms with Crippen LogP contribution in [0.3, 0.4) is 0 Å². The minimum atomic E-state index is 0.144. The topological polar surface area (TPSA) is 58.3 Å². The maximum Gasteiger partial charge on any atom is 0.202 e. The number of benzene rings is 1. The Labute approximate surface area is 133 Å². The molecule has 0 radical (unpaired) electrons. The molecule has 2 aliphatic carbocycles. The molecule has 23 heavy (non-hydrogen) atoms. The highest BCUT2D eigenvalue weighted by atomic mass is 16.3. The highest BCUT2D eigenvalue weighted by molar-refractivity contribution is 5.87. The Morgan fingerprint density at radius 2 is 1.70 bits per heavy atom. The zero-order valence-electron chi connectivity index (χ0n) is 12.7. The van der Waals surface area contributed by atoms with Crippen molar-refractivity contribution in [2.75, 3.05) is 0 Å². The van der Waals surface area contributed by atoms with Crippen LogP contribution in [0.5, 0.6) is 11.8 Å². The van der Waals surface area contributed by atoms with Crippen molar-refractivity contribution in [3.8, 4) is 17.4 Å². The number of aryl methyl sites for hydroxylation is 1. The predicted octanol–water partition coefficient (Wildman–Crippen LogP) is 3.89. The third-order valence-electron chi connectivity index (χ3n) is 5.10. The molecule has 2 bridgehead atoms. The predicted molar refractivity (Wildman–Crippen MR) is 88.4 cm³/mol. The fourth-order valence-electron chi connectivity index (χ4n) is 4.08. The molecule has 4 nitrogen and oxygen atoms in total. The number of hydrogen-bond donors (Lipinski definition) is 2. The van der Waals surface area contributed by atoms with E-state index in [-0.39, 0.29) is 23.6 Å². The molecule has 0 saturated heterocycles. The van der Waals surface area contributed by atoms with Crippen LogP contribution >= 0.6 is 0 Å². The molecule has 3 aromatic rings. The normalized spacial score (nSPS) is 21.3. The van der Waals surface area contributed by atoms with Crippen molar-refractivity contribution in [1.82, 2.24) is 9.55 Å². The van der Waals surface area contributed by atoms with E-state index in [0.29, 0.717) is 0 Å². The second-order valence-electron chi connectivity index (χ2n) is 6.45. The molecule has 1 aromatic carbocycles. The van der Waals surface area contributed by atoms with E-state index in [1.165, 1.54) is 0 Å². The summed E-state index contributed by atoms with van der Waals surface area (Å²) in [6.07, 6.45) is 5.21. The Bertz CT molecular complexity index is 965. The minimum absolute atomic E-state index is 0.144. The summed E-state index contributed by atoms with van der Waals surface area (Å²) in [5.74, 6) is 0.717. The molecule has 5 rings (SSSR count). The molecule has 0 fully saturated rings. The SMILES string of the molecule is Cc1ccc2cccc(-n3c(O)c4c(c3O)[C@H]3C=C[C@@H]4C3)c2n1. The largest absolute Gasteiger partial charge is 0.494 e. The number of aromatic nitrogens is 2. The van der Waals surface area contributed by atoms with Gasteiger partial charge in [-0.05, 0) is 25.5 Å². The summed E-state index contributed by atoms with van der Waals surface area (Å²) in [6, 6.07) is 9.77. The Morgan fingerprint density at radius 3 is 2.39 bits per heavy atom. The van der Waals surface area contributed by atoms with Gasteiger partial charge in [0.15, 0.2) is 0 Å². The number of fused-ring (bicyclic) bond motifs is 6. The Hall–Kier alpha value is -2.75. The number of rotatable bonds is 1. The molecule has 2 heterocycles. The van der Waals surface area contributed by atoms with E-state index in [4.69, 9.17) is 0 Å². The van der Waals surface area contributed by atoms with Crippen molar-refractivity contribution < 1.29 is 10.2 Å². The van der Waals surface area contributed by atoms with E-state index in [1.54, 1.807) is 4.57 Å². The van der Waals surface area contributed by atoms with Gasteiger partial charge < -0.3 is 10.2 Å². The van der Waals surface area contributed by atoms with E-state index in [0.717, 1.165) is 39.8 Å². The van der Waals surface area contributed by atoms with Gasteiger partial charge in [-0.2, -0.15) is 0 Å². The van der Waals surface area contributed by atoms with Crippen LogP contribution < -0.4 is 0 Å². The first-order valence-corrected chi connectivity index (χ1v) is 7.86. The molecule has 2 aromatic heterocycles. The summed E-state index contributed by atoms with van der Waals surface area (Å²) < 4.78 is 1.55. The lowest BCUT2D eigenvalue weighted by atomic mass is 10.0. The average Bonchev–Trinajstić information content (AvgIpc) is 3.21. The van der Waals surface area contributed by atoms with Crippen LogP contribution in [-0.4, -0.2) is 19.8 Å². The van der Waals surface area contributed by atoms with Crippen LogP contribution in [0.25, 0.3) is 16.6 Å². The minimum Gasteiger partial charge on any atom is -0.494 e. The van der Waals surface area contributed by atoms with Gasteiger partial charge in [-0.15, -0.1) is 0 Å². The zero-order chi connectivity index (χ0) is 15.7. The van der Waals surface area contributed by atoms with Crippen molar-refractivity contribution in [3.05, 3.63) is 59.3 Å². The first-order chi connectivity index (χ1) is 11.1. The fraction of sp³-hybridized carbons (Fsp3) is 0.211. The van der Waals surface area contributed by atoms with Gasteiger partial charge in [-0.25, -0.2) is 4.57 Å². The van der Waals surface area contributed by atoms with E-state index in [9.17, 15) is 10.2 Å². The van der Waals surface area contributed by atoms with Crippen molar-refractivity contribution >= 4 is 10.9 Å². The first-order valence-electron chi connectivity index (χ1n) is 7.86. The molecule has 0 aliphatic heterocycles. The van der Waals surface area contributed by atoms with Gasteiger partial charge in [0.05, 0.1) is 11.2 Å². The van der Waals surface area contributed by atoms with Crippen molar-refractivity contribution in [1.29, 1.82) is 0 Å². The lowest BCUT2D eigenvalue weighted by Crippen LogP contribution is -1.98. The summed E-state index contributed by atoms with van der Waals surface area (Å²) in [5, 5.41) is 22.5. The van der Waals surface area contributed by atoms with Crippen molar-refractivity contribution in [2.45, 2.75) is 25.2 Å². The van der Waals surface area contributed by atoms with Crippen LogP contribution in [0, 0.1) is 6.92 Å². The van der Waals surface area contributed by atoms with E-state index < -0.39 is 0 Å². The molecular formula is C19H16N2O2. The van der Waals surface area contributed by atoms with Crippen LogP contribution in [0.2, 0.25) is 0 Å². The molecule has 2 N–H and O–H groups in total. The summed E-state index contributed by atoms with van der Waals surface area (Å²) >= 11 is 0. The molecule has 0 unspecified atom stereocenters. The summed E-state index contributed by atoms with van der Waals surface area (Å²) in [6.45, 7) is 1.94. The monoisotopic (exact) mass is 304 g/mol. The first kappa shape index (κ1) is 12.8. The number of aromatic hydroxyl groups is 2. The second kappa shape index (κ2) is 4.16. The van der Waals surface area contributed by atoms with E-state index in [2.05, 4.69) is 17.1 Å². The maximum atomic E-state index is 10.8. The van der Waals surface area contributed by atoms with Gasteiger partial charge in [0.25, 0.3) is 0 Å². The van der Waals surface area contributed by atoms with E-state index >= 15 is 0 Å². The van der Waals surface area contributed by atoms with Crippen LogP contribution in [-0.2, 0) is 0 Å². The molecular weight excluding hydrogens is 288 g/mol. The molecule has 2 atom stereocenters. The number of allylic oxidation sites excluding steroid dienone is 2. The standard InChI is InChI=1S/C19H16N2O2/c1-10-5-6-11-3-2-4-14(17(11)20-10)21-18(22)15-12-7-8-13(9-12)16(15)19(21)23/h2-8,12-13,22-23H,9H2,1H3/t12-,13+. The van der Waals surface area contributed by atoms with Gasteiger partial charge in [-0.3, -0.25) is 4.98 Å². The number of para-hydroxylation sites is 1. The van der Waals surface area contributed by atoms with Gasteiger partial charge in [0, 0.05) is 34.0 Å². The highest BCUT2D eigenvalue weighted by Gasteiger charge is 2.41. The lowest BCUT2D eigenvalue weighted by Gasteiger charge is -2.12. The van der Waals surface area contributed by atoms with Gasteiger partial charge >= 0.3 is 0 Å². The summed E-state index contributed by atoms with van der Waals surface area (Å²) in [4.78, 5) is 4.61. The van der Waals surface area contributed by atoms with Gasteiger partial charge in [0.1, 0.15) is 0 Å². The molecule has 0 saturated carbocycles. The summed E-state index contributed by atoms with van der Waals surface area (Å²) in [7, 11) is 0. The molecule has 0 spiro atoms. The lowest BCUT2D eigenvalue weighted by molar-refractivity contribution is 0.396. The smallest absolute Gasteiger partial charge is 0.202 e. The van der Waals surface area contributed by atoms with Gasteiger partial charge in [-0.1, -0.05) is 30.4 Å². The third kappa shape index (κ3) is 1.53. The fourth-order valence-corrected chi connectivity index (χ4v) is 4.08. The van der Waals surface area contributed by atoms with Gasteiger partial charge in [0.2, 0.25) is 11.8 Å². The molecule has 0 amide bonds. The third-order valence-corrected chi connectivity index (χ3v) is 5.10. The van der Waals surface area contributed by atoms with Crippen LogP contribution in [0.1, 0.15) is 35.1 Å². The average molecular weight is 304 g/mol. The Kier molecular flexibility index (Phi) is 2.31. The van der Waals surface area contributed by atoms with Crippen molar-refractivity contribution in [2.24, 2.45) is 0 Å². The number of pyridine rings is 1. The van der Waals surface area contributed by atoms with Crippen molar-refractivity contribution in [3.63, 3.8) is 0 Å². The van der Waals surface area contributed by atoms with Crippen LogP contribution in [0.4, 0.5) is 0 Å². The van der Waals surface area contributed by atoms with E-state index in [1.807, 2.05) is 37.3 Å². The number of hydrogen-bond acceptors (Lipinski definition) is 3. The number of nitrogens with zero attached hydrogens (tertiary/aromatic N) is 2. The highest BCUT2D eigenvalue weighted by Crippen LogP contribution is 2.57. The molecule has 4 heteroatoms. The maximum absolute atomic E-state index is 10.8. The molecule has 2 aliphatic rings. The summed E-state index contributed by atoms with van der Waals surface area (Å²) in [5.41, 5.74) is 4.16. The Morgan fingerprint density at radius 1 is 1.00 bits per heavy atom. The quantitative estimate of drug-likeness (QED) is 0.671. The Balaban J connectivity index is 1.84. The second-order valence-corrected chi connectivity index (χ2v) is 6.45. The molecule has 114 valence electrons. The van der Waals surface area contributed by atoms with Crippen LogP contribution in [0.15, 0.2) is 42.5 Å². The zero-order valence-corrected chi connectivity index (χ0v) is 12.7.